The topological polar surface area (TPSA) is 38.8 Å². The number of hydrogen-bond donors (Lipinski definition) is 0. The van der Waals surface area contributed by atoms with Crippen molar-refractivity contribution >= 4 is 5.91 Å². The summed E-state index contributed by atoms with van der Waals surface area (Å²) in [6.45, 7) is 3.19. The second kappa shape index (κ2) is 5.99. The summed E-state index contributed by atoms with van der Waals surface area (Å²) in [5.74, 6) is 0.812. The predicted molar refractivity (Wildman–Crippen MR) is 83.8 cm³/mol. The highest BCUT2D eigenvalue weighted by molar-refractivity contribution is 5.86. The van der Waals surface area contributed by atoms with Crippen molar-refractivity contribution in [3.05, 3.63) is 0 Å². The number of alkyl halides is 1. The lowest BCUT2D eigenvalue weighted by Gasteiger charge is -2.46. The molecule has 130 valence electrons. The first-order chi connectivity index (χ1) is 11.1. The molecule has 3 aliphatic carbocycles. The Hall–Kier alpha value is -0.680. The van der Waals surface area contributed by atoms with Gasteiger partial charge in [-0.05, 0) is 50.9 Å². The molecule has 0 radical (unpaired) electrons. The van der Waals surface area contributed by atoms with E-state index in [1.165, 1.54) is 12.8 Å². The lowest BCUT2D eigenvalue weighted by atomic mass is 9.80. The van der Waals surface area contributed by atoms with Crippen LogP contribution >= 0.6 is 0 Å². The smallest absolute Gasteiger partial charge is 0.260 e. The van der Waals surface area contributed by atoms with Crippen molar-refractivity contribution in [3.8, 4) is 0 Å². The zero-order valence-electron chi connectivity index (χ0n) is 13.9. The Morgan fingerprint density at radius 3 is 2.70 bits per heavy atom. The summed E-state index contributed by atoms with van der Waals surface area (Å²) >= 11 is 0. The van der Waals surface area contributed by atoms with E-state index in [-0.39, 0.29) is 11.5 Å². The first-order valence-electron chi connectivity index (χ1n) is 9.31. The third kappa shape index (κ3) is 3.02. The van der Waals surface area contributed by atoms with Crippen molar-refractivity contribution in [1.29, 1.82) is 0 Å². The zero-order chi connectivity index (χ0) is 15.9. The van der Waals surface area contributed by atoms with Gasteiger partial charge in [0.25, 0.3) is 5.91 Å². The van der Waals surface area contributed by atoms with Crippen LogP contribution in [0.15, 0.2) is 0 Å². The van der Waals surface area contributed by atoms with Gasteiger partial charge in [0, 0.05) is 19.1 Å². The van der Waals surface area contributed by atoms with Gasteiger partial charge in [-0.2, -0.15) is 0 Å². The van der Waals surface area contributed by atoms with Crippen molar-refractivity contribution < 1.29 is 18.7 Å². The number of rotatable bonds is 5. The van der Waals surface area contributed by atoms with Gasteiger partial charge in [0.05, 0.1) is 25.4 Å². The van der Waals surface area contributed by atoms with E-state index in [4.69, 9.17) is 9.47 Å². The highest BCUT2D eigenvalue weighted by atomic mass is 19.1. The number of morpholine rings is 1. The first kappa shape index (κ1) is 15.8. The second-order valence-corrected chi connectivity index (χ2v) is 8.03. The van der Waals surface area contributed by atoms with Crippen molar-refractivity contribution in [2.75, 3.05) is 32.9 Å². The van der Waals surface area contributed by atoms with Gasteiger partial charge in [0.2, 0.25) is 0 Å². The normalized spacial score (nSPS) is 36.2. The minimum atomic E-state index is -1.59. The second-order valence-electron chi connectivity index (χ2n) is 8.03. The molecular weight excluding hydrogens is 297 g/mol. The van der Waals surface area contributed by atoms with E-state index >= 15 is 0 Å². The first-order valence-corrected chi connectivity index (χ1v) is 9.31. The molecular formula is C18H28FNO3. The molecule has 1 spiro atoms. The van der Waals surface area contributed by atoms with Gasteiger partial charge in [-0.3, -0.25) is 4.79 Å². The summed E-state index contributed by atoms with van der Waals surface area (Å²) < 4.78 is 26.6. The number of carbonyl (C=O) groups excluding carboxylic acids is 1. The lowest BCUT2D eigenvalue weighted by Crippen LogP contribution is -2.60. The standard InChI is InChI=1S/C18H28FNO3/c19-17(6-2-7-17)16(21)20-9-10-23-18(13-20)8-1-3-15(18)12-22-11-14-4-5-14/h14-15H,1-13H2/t15-,18+/m0/s1. The maximum atomic E-state index is 14.5. The Kier molecular flexibility index (Phi) is 4.12. The Balaban J connectivity index is 1.38. The maximum Gasteiger partial charge on any atom is 0.260 e. The van der Waals surface area contributed by atoms with Gasteiger partial charge in [-0.25, -0.2) is 4.39 Å². The van der Waals surface area contributed by atoms with Gasteiger partial charge in [0.1, 0.15) is 0 Å². The summed E-state index contributed by atoms with van der Waals surface area (Å²) in [4.78, 5) is 14.3. The molecule has 4 rings (SSSR count). The van der Waals surface area contributed by atoms with Gasteiger partial charge in [0.15, 0.2) is 5.67 Å². The highest BCUT2D eigenvalue weighted by Crippen LogP contribution is 2.44. The molecule has 0 aromatic carbocycles. The Morgan fingerprint density at radius 2 is 2.00 bits per heavy atom. The molecule has 1 saturated heterocycles. The summed E-state index contributed by atoms with van der Waals surface area (Å²) in [5, 5.41) is 0. The van der Waals surface area contributed by atoms with Crippen molar-refractivity contribution in [2.24, 2.45) is 11.8 Å². The molecule has 3 saturated carbocycles. The summed E-state index contributed by atoms with van der Waals surface area (Å²) in [5.41, 5.74) is -1.88. The Labute approximate surface area is 137 Å². The van der Waals surface area contributed by atoms with Crippen LogP contribution in [0.5, 0.6) is 0 Å². The van der Waals surface area contributed by atoms with E-state index in [0.29, 0.717) is 38.5 Å². The lowest BCUT2D eigenvalue weighted by molar-refractivity contribution is -0.175. The Morgan fingerprint density at radius 1 is 1.17 bits per heavy atom. The molecule has 4 nitrogen and oxygen atoms in total. The van der Waals surface area contributed by atoms with E-state index in [9.17, 15) is 9.18 Å². The molecule has 0 aromatic heterocycles. The number of amides is 1. The third-order valence-corrected chi connectivity index (χ3v) is 6.29. The van der Waals surface area contributed by atoms with E-state index in [1.54, 1.807) is 4.90 Å². The van der Waals surface area contributed by atoms with Crippen molar-refractivity contribution in [1.82, 2.24) is 4.90 Å². The zero-order valence-corrected chi connectivity index (χ0v) is 13.9. The molecule has 4 aliphatic rings. The van der Waals surface area contributed by atoms with Crippen LogP contribution in [0.1, 0.15) is 51.4 Å². The van der Waals surface area contributed by atoms with Crippen LogP contribution in [0.25, 0.3) is 0 Å². The quantitative estimate of drug-likeness (QED) is 0.780. The van der Waals surface area contributed by atoms with Crippen molar-refractivity contribution in [3.63, 3.8) is 0 Å². The number of halogens is 1. The van der Waals surface area contributed by atoms with E-state index < -0.39 is 5.67 Å². The molecule has 2 atom stereocenters. The molecule has 0 aromatic rings. The van der Waals surface area contributed by atoms with E-state index in [2.05, 4.69) is 0 Å². The highest BCUT2D eigenvalue weighted by Gasteiger charge is 2.52. The number of nitrogens with zero attached hydrogens (tertiary/aromatic N) is 1. The van der Waals surface area contributed by atoms with Crippen LogP contribution in [0.4, 0.5) is 4.39 Å². The average Bonchev–Trinajstić information content (AvgIpc) is 3.28. The fourth-order valence-electron chi connectivity index (χ4n) is 4.37. The number of hydrogen-bond acceptors (Lipinski definition) is 3. The summed E-state index contributed by atoms with van der Waals surface area (Å²) in [6.07, 6.45) is 7.38. The summed E-state index contributed by atoms with van der Waals surface area (Å²) in [7, 11) is 0. The monoisotopic (exact) mass is 325 g/mol. The molecule has 23 heavy (non-hydrogen) atoms. The van der Waals surface area contributed by atoms with Crippen LogP contribution in [0.3, 0.4) is 0 Å². The Bertz CT molecular complexity index is 463. The molecule has 0 bridgehead atoms. The van der Waals surface area contributed by atoms with Crippen molar-refractivity contribution in [2.45, 2.75) is 62.6 Å². The predicted octanol–water partition coefficient (Wildman–Crippen LogP) is 2.70. The third-order valence-electron chi connectivity index (χ3n) is 6.29. The molecule has 1 heterocycles. The number of ether oxygens (including phenoxy) is 2. The van der Waals surface area contributed by atoms with Gasteiger partial charge in [-0.15, -0.1) is 0 Å². The maximum absolute atomic E-state index is 14.5. The fourth-order valence-corrected chi connectivity index (χ4v) is 4.37. The molecule has 0 unspecified atom stereocenters. The van der Waals surface area contributed by atoms with Crippen LogP contribution in [0.2, 0.25) is 0 Å². The average molecular weight is 325 g/mol. The van der Waals surface area contributed by atoms with Gasteiger partial charge >= 0.3 is 0 Å². The van der Waals surface area contributed by atoms with Crippen LogP contribution in [-0.2, 0) is 14.3 Å². The van der Waals surface area contributed by atoms with Gasteiger partial charge in [-0.1, -0.05) is 6.42 Å². The molecule has 4 fully saturated rings. The molecule has 1 amide bonds. The largest absolute Gasteiger partial charge is 0.381 e. The molecule has 5 heteroatoms. The van der Waals surface area contributed by atoms with Gasteiger partial charge < -0.3 is 14.4 Å². The van der Waals surface area contributed by atoms with E-state index in [0.717, 1.165) is 44.8 Å². The molecule has 0 N–H and O–H groups in total. The SMILES string of the molecule is O=C(N1CCO[C@]2(CCC[C@H]2COCC2CC2)C1)C1(F)CCC1. The summed E-state index contributed by atoms with van der Waals surface area (Å²) in [6, 6.07) is 0. The molecule has 1 aliphatic heterocycles. The minimum absolute atomic E-state index is 0.294. The minimum Gasteiger partial charge on any atom is -0.381 e. The fraction of sp³-hybridized carbons (Fsp3) is 0.944. The van der Waals surface area contributed by atoms with Crippen LogP contribution in [0, 0.1) is 11.8 Å². The number of carbonyl (C=O) groups is 1. The van der Waals surface area contributed by atoms with E-state index in [1.807, 2.05) is 0 Å². The van der Waals surface area contributed by atoms with Crippen LogP contribution in [-0.4, -0.2) is 55.0 Å². The van der Waals surface area contributed by atoms with Crippen LogP contribution < -0.4 is 0 Å².